The van der Waals surface area contributed by atoms with E-state index in [1.54, 1.807) is 12.2 Å². The first kappa shape index (κ1) is 18.4. The highest BCUT2D eigenvalue weighted by molar-refractivity contribution is 6.30. The van der Waals surface area contributed by atoms with Crippen molar-refractivity contribution < 1.29 is 14.3 Å². The highest BCUT2D eigenvalue weighted by Gasteiger charge is 2.31. The first-order valence-corrected chi connectivity index (χ1v) is 9.21. The summed E-state index contributed by atoms with van der Waals surface area (Å²) >= 11 is 5.96. The van der Waals surface area contributed by atoms with Crippen molar-refractivity contribution in [3.8, 4) is 0 Å². The molecule has 5 nitrogen and oxygen atoms in total. The van der Waals surface area contributed by atoms with Crippen molar-refractivity contribution in [3.05, 3.63) is 40.9 Å². The highest BCUT2D eigenvalue weighted by Crippen LogP contribution is 2.21. The second-order valence-electron chi connectivity index (χ2n) is 6.47. The molecule has 25 heavy (non-hydrogen) atoms. The molecule has 0 spiro atoms. The van der Waals surface area contributed by atoms with Gasteiger partial charge in [-0.3, -0.25) is 9.69 Å². The van der Waals surface area contributed by atoms with Crippen LogP contribution in [0.5, 0.6) is 0 Å². The molecule has 2 atom stereocenters. The Morgan fingerprint density at radius 1 is 1.32 bits per heavy atom. The van der Waals surface area contributed by atoms with E-state index in [0.717, 1.165) is 51.5 Å². The Bertz CT molecular complexity index is 596. The minimum atomic E-state index is -0.0860. The van der Waals surface area contributed by atoms with Gasteiger partial charge < -0.3 is 14.8 Å². The zero-order valence-electron chi connectivity index (χ0n) is 14.3. The molecular weight excluding hydrogens is 340 g/mol. The summed E-state index contributed by atoms with van der Waals surface area (Å²) in [6.07, 6.45) is 4.40. The number of nitrogens with one attached hydrogen (secondary N) is 1. The molecule has 1 N–H and O–H groups in total. The molecule has 2 fully saturated rings. The molecule has 2 saturated heterocycles. The number of halogens is 1. The van der Waals surface area contributed by atoms with Crippen molar-refractivity contribution >= 4 is 23.6 Å². The van der Waals surface area contributed by atoms with Crippen molar-refractivity contribution in [1.82, 2.24) is 10.2 Å². The van der Waals surface area contributed by atoms with Gasteiger partial charge in [-0.1, -0.05) is 23.7 Å². The smallest absolute Gasteiger partial charge is 0.244 e. The molecule has 2 unspecified atom stereocenters. The Kier molecular flexibility index (Phi) is 6.87. The number of hydrogen-bond donors (Lipinski definition) is 1. The minimum Gasteiger partial charge on any atom is -0.381 e. The molecular formula is C19H25ClN2O3. The maximum Gasteiger partial charge on any atom is 0.244 e. The lowest BCUT2D eigenvalue weighted by Gasteiger charge is -2.37. The molecule has 0 bridgehead atoms. The lowest BCUT2D eigenvalue weighted by Crippen LogP contribution is -2.52. The molecule has 1 aromatic carbocycles. The highest BCUT2D eigenvalue weighted by atomic mass is 35.5. The minimum absolute atomic E-state index is 0.0860. The zero-order valence-corrected chi connectivity index (χ0v) is 15.1. The Hall–Kier alpha value is -1.40. The van der Waals surface area contributed by atoms with E-state index in [1.807, 2.05) is 24.3 Å². The monoisotopic (exact) mass is 364 g/mol. The number of rotatable bonds is 6. The van der Waals surface area contributed by atoms with Gasteiger partial charge in [-0.15, -0.1) is 0 Å². The van der Waals surface area contributed by atoms with E-state index in [2.05, 4.69) is 10.2 Å². The predicted octanol–water partition coefficient (Wildman–Crippen LogP) is 2.21. The topological polar surface area (TPSA) is 50.8 Å². The van der Waals surface area contributed by atoms with Crippen LogP contribution in [0.1, 0.15) is 12.0 Å². The third-order valence-corrected chi connectivity index (χ3v) is 5.02. The third kappa shape index (κ3) is 5.54. The third-order valence-electron chi connectivity index (χ3n) is 4.79. The van der Waals surface area contributed by atoms with Crippen LogP contribution in [-0.4, -0.2) is 62.9 Å². The van der Waals surface area contributed by atoms with Crippen LogP contribution >= 0.6 is 11.6 Å². The second-order valence-corrected chi connectivity index (χ2v) is 6.91. The van der Waals surface area contributed by atoms with E-state index < -0.39 is 0 Å². The summed E-state index contributed by atoms with van der Waals surface area (Å²) in [7, 11) is 0. The SMILES string of the molecule is O=C(/C=C/c1cccc(Cl)c1)NCC(C1CCOC1)N1CCOCC1. The number of morpholine rings is 1. The van der Waals surface area contributed by atoms with Gasteiger partial charge in [0.1, 0.15) is 0 Å². The van der Waals surface area contributed by atoms with Gasteiger partial charge in [0.05, 0.1) is 19.8 Å². The fourth-order valence-electron chi connectivity index (χ4n) is 3.41. The van der Waals surface area contributed by atoms with E-state index in [1.165, 1.54) is 0 Å². The van der Waals surface area contributed by atoms with Crippen LogP contribution in [-0.2, 0) is 14.3 Å². The number of carbonyl (C=O) groups is 1. The molecule has 136 valence electrons. The van der Waals surface area contributed by atoms with Gasteiger partial charge in [-0.25, -0.2) is 0 Å². The normalized spacial score (nSPS) is 23.0. The predicted molar refractivity (Wildman–Crippen MR) is 98.6 cm³/mol. The van der Waals surface area contributed by atoms with Gasteiger partial charge in [-0.2, -0.15) is 0 Å². The van der Waals surface area contributed by atoms with Crippen molar-refractivity contribution in [3.63, 3.8) is 0 Å². The number of carbonyl (C=O) groups excluding carboxylic acids is 1. The summed E-state index contributed by atoms with van der Waals surface area (Å²) in [6.45, 7) is 5.56. The molecule has 0 aliphatic carbocycles. The molecule has 1 aromatic rings. The molecule has 0 aromatic heterocycles. The Labute approximate surface area is 153 Å². The van der Waals surface area contributed by atoms with E-state index in [0.29, 0.717) is 23.5 Å². The maximum atomic E-state index is 12.2. The number of hydrogen-bond acceptors (Lipinski definition) is 4. The molecule has 2 aliphatic heterocycles. The van der Waals surface area contributed by atoms with Crippen LogP contribution in [0.3, 0.4) is 0 Å². The average Bonchev–Trinajstić information content (AvgIpc) is 3.15. The zero-order chi connectivity index (χ0) is 17.5. The molecule has 2 aliphatic rings. The van der Waals surface area contributed by atoms with Crippen LogP contribution in [0.15, 0.2) is 30.3 Å². The van der Waals surface area contributed by atoms with Gasteiger partial charge in [0.25, 0.3) is 0 Å². The number of amides is 1. The van der Waals surface area contributed by atoms with Gasteiger partial charge in [0.2, 0.25) is 5.91 Å². The van der Waals surface area contributed by atoms with Crippen molar-refractivity contribution in [2.75, 3.05) is 46.1 Å². The van der Waals surface area contributed by atoms with Crippen LogP contribution < -0.4 is 5.32 Å². The Balaban J connectivity index is 1.55. The summed E-state index contributed by atoms with van der Waals surface area (Å²) in [6, 6.07) is 7.74. The second kappa shape index (κ2) is 9.34. The van der Waals surface area contributed by atoms with Crippen LogP contribution in [0.4, 0.5) is 0 Å². The first-order chi connectivity index (χ1) is 12.2. The molecule has 2 heterocycles. The van der Waals surface area contributed by atoms with Gasteiger partial charge in [-0.05, 0) is 30.2 Å². The van der Waals surface area contributed by atoms with E-state index in [9.17, 15) is 4.79 Å². The summed E-state index contributed by atoms with van der Waals surface area (Å²) in [5.74, 6) is 0.382. The summed E-state index contributed by atoms with van der Waals surface area (Å²) in [5, 5.41) is 3.71. The Morgan fingerprint density at radius 3 is 2.88 bits per heavy atom. The molecule has 0 radical (unpaired) electrons. The van der Waals surface area contributed by atoms with Crippen molar-refractivity contribution in [2.24, 2.45) is 5.92 Å². The number of nitrogens with zero attached hydrogens (tertiary/aromatic N) is 1. The van der Waals surface area contributed by atoms with Crippen LogP contribution in [0, 0.1) is 5.92 Å². The van der Waals surface area contributed by atoms with E-state index in [4.69, 9.17) is 21.1 Å². The van der Waals surface area contributed by atoms with Crippen molar-refractivity contribution in [1.29, 1.82) is 0 Å². The summed E-state index contributed by atoms with van der Waals surface area (Å²) in [4.78, 5) is 14.6. The van der Waals surface area contributed by atoms with Gasteiger partial charge >= 0.3 is 0 Å². The largest absolute Gasteiger partial charge is 0.381 e. The fraction of sp³-hybridized carbons (Fsp3) is 0.526. The van der Waals surface area contributed by atoms with E-state index in [-0.39, 0.29) is 5.91 Å². The fourth-order valence-corrected chi connectivity index (χ4v) is 3.60. The van der Waals surface area contributed by atoms with Crippen LogP contribution in [0.25, 0.3) is 6.08 Å². The van der Waals surface area contributed by atoms with Crippen LogP contribution in [0.2, 0.25) is 5.02 Å². The lowest BCUT2D eigenvalue weighted by molar-refractivity contribution is -0.116. The Morgan fingerprint density at radius 2 is 2.16 bits per heavy atom. The first-order valence-electron chi connectivity index (χ1n) is 8.83. The standard InChI is InChI=1S/C19H25ClN2O3/c20-17-3-1-2-15(12-17)4-5-19(23)21-13-18(16-6-9-25-14-16)22-7-10-24-11-8-22/h1-5,12,16,18H,6-11,13-14H2,(H,21,23)/b5-4+. The number of ether oxygens (including phenoxy) is 2. The number of benzene rings is 1. The van der Waals surface area contributed by atoms with Crippen molar-refractivity contribution in [2.45, 2.75) is 12.5 Å². The quantitative estimate of drug-likeness (QED) is 0.786. The molecule has 0 saturated carbocycles. The lowest BCUT2D eigenvalue weighted by atomic mass is 9.97. The molecule has 3 rings (SSSR count). The maximum absolute atomic E-state index is 12.2. The summed E-state index contributed by atoms with van der Waals surface area (Å²) in [5.41, 5.74) is 0.913. The van der Waals surface area contributed by atoms with Gasteiger partial charge in [0, 0.05) is 49.3 Å². The average molecular weight is 365 g/mol. The van der Waals surface area contributed by atoms with Gasteiger partial charge in [0.15, 0.2) is 0 Å². The summed E-state index contributed by atoms with van der Waals surface area (Å²) < 4.78 is 11.0. The molecule has 1 amide bonds. The van der Waals surface area contributed by atoms with E-state index >= 15 is 0 Å². The molecule has 6 heteroatoms.